The number of anilines is 1. The van der Waals surface area contributed by atoms with E-state index in [-0.39, 0.29) is 36.9 Å². The van der Waals surface area contributed by atoms with Gasteiger partial charge >= 0.3 is 0 Å². The average Bonchev–Trinajstić information content (AvgIpc) is 3.35. The first kappa shape index (κ1) is 20.6. The molecule has 2 fully saturated rings. The van der Waals surface area contributed by atoms with Crippen molar-refractivity contribution in [2.45, 2.75) is 13.3 Å². The molecule has 3 heterocycles. The Kier molecular flexibility index (Phi) is 5.92. The van der Waals surface area contributed by atoms with Crippen molar-refractivity contribution in [3.05, 3.63) is 17.7 Å². The van der Waals surface area contributed by atoms with E-state index in [4.69, 9.17) is 9.47 Å². The van der Waals surface area contributed by atoms with Crippen LogP contribution >= 0.6 is 0 Å². The summed E-state index contributed by atoms with van der Waals surface area (Å²) in [5, 5.41) is 2.83. The number of hydrogen-bond acceptors (Lipinski definition) is 7. The number of rotatable bonds is 5. The summed E-state index contributed by atoms with van der Waals surface area (Å²) in [6.45, 7) is 6.14. The van der Waals surface area contributed by atoms with Crippen LogP contribution in [0.15, 0.2) is 12.1 Å². The number of nitrogens with zero attached hydrogens (tertiary/aromatic N) is 3. The zero-order valence-electron chi connectivity index (χ0n) is 17.5. The van der Waals surface area contributed by atoms with Gasteiger partial charge < -0.3 is 24.6 Å². The van der Waals surface area contributed by atoms with Crippen LogP contribution in [0.4, 0.5) is 5.69 Å². The van der Waals surface area contributed by atoms with Crippen molar-refractivity contribution in [1.29, 1.82) is 0 Å². The number of Topliss-reactive ketones (excluding diaryl/α,β-unsaturated/α-hetero) is 1. The van der Waals surface area contributed by atoms with Gasteiger partial charge in [-0.25, -0.2) is 0 Å². The van der Waals surface area contributed by atoms with E-state index in [1.807, 2.05) is 16.8 Å². The molecule has 2 saturated heterocycles. The predicted octanol–water partition coefficient (Wildman–Crippen LogP) is 0.652. The molecule has 1 aromatic rings. The highest BCUT2D eigenvalue weighted by Gasteiger charge is 2.31. The Morgan fingerprint density at radius 2 is 1.77 bits per heavy atom. The summed E-state index contributed by atoms with van der Waals surface area (Å²) < 4.78 is 10.7. The highest BCUT2D eigenvalue weighted by atomic mass is 16.7. The Morgan fingerprint density at radius 1 is 1.07 bits per heavy atom. The van der Waals surface area contributed by atoms with Crippen LogP contribution in [-0.4, -0.2) is 92.0 Å². The fourth-order valence-corrected chi connectivity index (χ4v) is 4.25. The number of ether oxygens (including phenoxy) is 2. The first-order chi connectivity index (χ1) is 14.4. The zero-order chi connectivity index (χ0) is 21.3. The van der Waals surface area contributed by atoms with E-state index in [1.54, 1.807) is 12.1 Å². The lowest BCUT2D eigenvalue weighted by atomic mass is 10.1. The van der Waals surface area contributed by atoms with Gasteiger partial charge in [-0.3, -0.25) is 19.3 Å². The molecule has 9 heteroatoms. The predicted molar refractivity (Wildman–Crippen MR) is 110 cm³/mol. The molecule has 1 N–H and O–H groups in total. The minimum absolute atomic E-state index is 0.0980. The molecule has 9 nitrogen and oxygen atoms in total. The van der Waals surface area contributed by atoms with Gasteiger partial charge in [0, 0.05) is 44.4 Å². The van der Waals surface area contributed by atoms with Crippen LogP contribution in [0.1, 0.15) is 23.7 Å². The monoisotopic (exact) mass is 416 g/mol. The molecule has 0 aromatic heterocycles. The second kappa shape index (κ2) is 8.61. The minimum Gasteiger partial charge on any atom is -0.454 e. The molecule has 162 valence electrons. The van der Waals surface area contributed by atoms with Gasteiger partial charge in [-0.1, -0.05) is 0 Å². The van der Waals surface area contributed by atoms with Gasteiger partial charge in [0.2, 0.25) is 18.6 Å². The summed E-state index contributed by atoms with van der Waals surface area (Å²) in [6, 6.07) is 3.23. The maximum absolute atomic E-state index is 12.7. The van der Waals surface area contributed by atoms with Crippen LogP contribution in [0.25, 0.3) is 0 Å². The molecule has 4 rings (SSSR count). The van der Waals surface area contributed by atoms with Gasteiger partial charge in [0.05, 0.1) is 18.2 Å². The number of carbonyl (C=O) groups is 3. The van der Waals surface area contributed by atoms with E-state index in [9.17, 15) is 14.4 Å². The first-order valence-corrected chi connectivity index (χ1v) is 10.3. The van der Waals surface area contributed by atoms with Gasteiger partial charge in [-0.2, -0.15) is 0 Å². The van der Waals surface area contributed by atoms with Crippen molar-refractivity contribution >= 4 is 23.3 Å². The molecule has 1 atom stereocenters. The van der Waals surface area contributed by atoms with E-state index in [1.165, 1.54) is 6.92 Å². The second-order valence-electron chi connectivity index (χ2n) is 8.20. The first-order valence-electron chi connectivity index (χ1n) is 10.3. The molecule has 0 saturated carbocycles. The molecule has 0 radical (unpaired) electrons. The lowest BCUT2D eigenvalue weighted by Crippen LogP contribution is -2.52. The standard InChI is InChI=1S/C21H28N4O5/c1-14(26)16-9-18-19(30-13-29-18)10-17(16)22-20(27)12-24-5-7-25(8-6-24)21(28)15-3-4-23(2)11-15/h9-10,15H,3-8,11-13H2,1-2H3,(H,22,27). The number of piperazine rings is 1. The van der Waals surface area contributed by atoms with Crippen LogP contribution in [0.5, 0.6) is 11.5 Å². The lowest BCUT2D eigenvalue weighted by Gasteiger charge is -2.35. The zero-order valence-corrected chi connectivity index (χ0v) is 17.5. The van der Waals surface area contributed by atoms with Gasteiger partial charge in [0.15, 0.2) is 17.3 Å². The molecule has 30 heavy (non-hydrogen) atoms. The Hall–Kier alpha value is -2.65. The Labute approximate surface area is 175 Å². The molecule has 3 aliphatic heterocycles. The molecule has 3 aliphatic rings. The Morgan fingerprint density at radius 3 is 2.40 bits per heavy atom. The number of likely N-dealkylation sites (tertiary alicyclic amines) is 1. The molecular weight excluding hydrogens is 388 g/mol. The summed E-state index contributed by atoms with van der Waals surface area (Å²) in [7, 11) is 2.04. The lowest BCUT2D eigenvalue weighted by molar-refractivity contribution is -0.137. The Balaban J connectivity index is 1.30. The number of fused-ring (bicyclic) bond motifs is 1. The van der Waals surface area contributed by atoms with E-state index < -0.39 is 0 Å². The second-order valence-corrected chi connectivity index (χ2v) is 8.20. The Bertz CT molecular complexity index is 850. The summed E-state index contributed by atoms with van der Waals surface area (Å²) in [5.41, 5.74) is 0.820. The van der Waals surface area contributed by atoms with Crippen LogP contribution in [0, 0.1) is 5.92 Å². The topological polar surface area (TPSA) is 91.4 Å². The number of carbonyl (C=O) groups excluding carboxylic acids is 3. The van der Waals surface area contributed by atoms with Crippen molar-refractivity contribution in [2.75, 3.05) is 65.0 Å². The van der Waals surface area contributed by atoms with Crippen molar-refractivity contribution in [3.8, 4) is 11.5 Å². The van der Waals surface area contributed by atoms with Crippen molar-refractivity contribution in [1.82, 2.24) is 14.7 Å². The van der Waals surface area contributed by atoms with E-state index in [2.05, 4.69) is 10.2 Å². The van der Waals surface area contributed by atoms with E-state index in [0.29, 0.717) is 48.9 Å². The summed E-state index contributed by atoms with van der Waals surface area (Å²) >= 11 is 0. The third-order valence-corrected chi connectivity index (χ3v) is 5.96. The normalized spacial score (nSPS) is 21.7. The minimum atomic E-state index is -0.200. The van der Waals surface area contributed by atoms with Gasteiger partial charge in [0.25, 0.3) is 0 Å². The van der Waals surface area contributed by atoms with Crippen molar-refractivity contribution in [2.24, 2.45) is 5.92 Å². The maximum atomic E-state index is 12.7. The summed E-state index contributed by atoms with van der Waals surface area (Å²) in [5.74, 6) is 0.991. The summed E-state index contributed by atoms with van der Waals surface area (Å²) in [4.78, 5) is 43.4. The molecular formula is C21H28N4O5. The van der Waals surface area contributed by atoms with E-state index >= 15 is 0 Å². The maximum Gasteiger partial charge on any atom is 0.238 e. The number of hydrogen-bond donors (Lipinski definition) is 1. The number of nitrogens with one attached hydrogen (secondary N) is 1. The molecule has 1 unspecified atom stereocenters. The fraction of sp³-hybridized carbons (Fsp3) is 0.571. The van der Waals surface area contributed by atoms with Crippen LogP contribution in [0.2, 0.25) is 0 Å². The molecule has 0 spiro atoms. The highest BCUT2D eigenvalue weighted by Crippen LogP contribution is 2.37. The smallest absolute Gasteiger partial charge is 0.238 e. The number of ketones is 1. The van der Waals surface area contributed by atoms with Crippen LogP contribution < -0.4 is 14.8 Å². The van der Waals surface area contributed by atoms with Crippen molar-refractivity contribution < 1.29 is 23.9 Å². The van der Waals surface area contributed by atoms with Crippen LogP contribution in [-0.2, 0) is 9.59 Å². The largest absolute Gasteiger partial charge is 0.454 e. The highest BCUT2D eigenvalue weighted by molar-refractivity contribution is 6.05. The summed E-state index contributed by atoms with van der Waals surface area (Å²) in [6.07, 6.45) is 0.923. The van der Waals surface area contributed by atoms with Crippen LogP contribution in [0.3, 0.4) is 0 Å². The molecule has 0 aliphatic carbocycles. The quantitative estimate of drug-likeness (QED) is 0.705. The van der Waals surface area contributed by atoms with E-state index in [0.717, 1.165) is 19.5 Å². The van der Waals surface area contributed by atoms with Gasteiger partial charge in [-0.15, -0.1) is 0 Å². The van der Waals surface area contributed by atoms with Crippen molar-refractivity contribution in [3.63, 3.8) is 0 Å². The number of benzene rings is 1. The molecule has 0 bridgehead atoms. The average molecular weight is 416 g/mol. The molecule has 2 amide bonds. The van der Waals surface area contributed by atoms with Gasteiger partial charge in [0.1, 0.15) is 0 Å². The third-order valence-electron chi connectivity index (χ3n) is 5.96. The molecule has 1 aromatic carbocycles. The fourth-order valence-electron chi connectivity index (χ4n) is 4.25. The number of amides is 2. The van der Waals surface area contributed by atoms with Gasteiger partial charge in [-0.05, 0) is 33.0 Å². The third kappa shape index (κ3) is 4.41. The SMILES string of the molecule is CC(=O)c1cc2c(cc1NC(=O)CN1CCN(C(=O)C3CCN(C)C3)CC1)OCO2.